The Labute approximate surface area is 105 Å². The van der Waals surface area contributed by atoms with Crippen molar-refractivity contribution in [3.63, 3.8) is 0 Å². The van der Waals surface area contributed by atoms with Crippen LogP contribution in [0.4, 0.5) is 0 Å². The molecular formula is C14H14N2O2. The number of nitrogens with zero attached hydrogens (tertiary/aromatic N) is 1. The minimum Gasteiger partial charge on any atom is -0.469 e. The summed E-state index contributed by atoms with van der Waals surface area (Å²) in [5.74, 6) is 0.310. The first-order valence-corrected chi connectivity index (χ1v) is 5.61. The molecule has 4 heteroatoms. The van der Waals surface area contributed by atoms with Gasteiger partial charge in [0.05, 0.1) is 18.0 Å². The highest BCUT2D eigenvalue weighted by atomic mass is 16.3. The topological polar surface area (TPSA) is 54.6 Å². The van der Waals surface area contributed by atoms with Gasteiger partial charge in [-0.2, -0.15) is 5.10 Å². The number of carbonyl (C=O) groups excluding carboxylic acids is 1. The van der Waals surface area contributed by atoms with Crippen molar-refractivity contribution in [2.75, 3.05) is 0 Å². The third-order valence-electron chi connectivity index (χ3n) is 2.66. The molecule has 4 nitrogen and oxygen atoms in total. The molecule has 1 aromatic carbocycles. The number of benzene rings is 1. The van der Waals surface area contributed by atoms with Crippen molar-refractivity contribution >= 4 is 12.1 Å². The molecule has 0 aliphatic heterocycles. The van der Waals surface area contributed by atoms with Crippen molar-refractivity contribution < 1.29 is 9.21 Å². The lowest BCUT2D eigenvalue weighted by atomic mass is 10.1. The molecule has 1 N–H and O–H groups in total. The van der Waals surface area contributed by atoms with E-state index in [1.807, 2.05) is 31.2 Å². The average Bonchev–Trinajstić information content (AvgIpc) is 2.78. The summed E-state index contributed by atoms with van der Waals surface area (Å²) in [6.07, 6.45) is 3.11. The lowest BCUT2D eigenvalue weighted by Gasteiger charge is -1.99. The zero-order valence-electron chi connectivity index (χ0n) is 10.3. The lowest BCUT2D eigenvalue weighted by Crippen LogP contribution is -2.17. The van der Waals surface area contributed by atoms with Gasteiger partial charge in [0.25, 0.3) is 5.91 Å². The molecule has 1 amide bonds. The highest BCUT2D eigenvalue weighted by Crippen LogP contribution is 2.08. The highest BCUT2D eigenvalue weighted by Gasteiger charge is 2.09. The number of rotatable bonds is 3. The second-order valence-electron chi connectivity index (χ2n) is 3.95. The number of hydrazone groups is 1. The zero-order chi connectivity index (χ0) is 13.0. The van der Waals surface area contributed by atoms with Gasteiger partial charge in [-0.15, -0.1) is 0 Å². The molecule has 0 aliphatic carbocycles. The third-order valence-corrected chi connectivity index (χ3v) is 2.66. The quantitative estimate of drug-likeness (QED) is 0.664. The van der Waals surface area contributed by atoms with E-state index in [0.29, 0.717) is 11.3 Å². The Bertz CT molecular complexity index is 585. The van der Waals surface area contributed by atoms with Crippen LogP contribution in [0.5, 0.6) is 0 Å². The Morgan fingerprint density at radius 3 is 2.72 bits per heavy atom. The maximum absolute atomic E-state index is 11.7. The fourth-order valence-corrected chi connectivity index (χ4v) is 1.57. The van der Waals surface area contributed by atoms with Crippen molar-refractivity contribution in [2.45, 2.75) is 13.8 Å². The molecule has 18 heavy (non-hydrogen) atoms. The first kappa shape index (κ1) is 12.1. The van der Waals surface area contributed by atoms with E-state index in [2.05, 4.69) is 10.5 Å². The SMILES string of the molecule is Cc1ccccc1/C=N\NC(=O)c1ccoc1C. The van der Waals surface area contributed by atoms with Crippen molar-refractivity contribution in [1.29, 1.82) is 0 Å². The van der Waals surface area contributed by atoms with Gasteiger partial charge in [0.2, 0.25) is 0 Å². The Kier molecular flexibility index (Phi) is 3.57. The summed E-state index contributed by atoms with van der Waals surface area (Å²) in [6.45, 7) is 3.73. The molecule has 2 rings (SSSR count). The van der Waals surface area contributed by atoms with Crippen LogP contribution in [0.1, 0.15) is 27.2 Å². The van der Waals surface area contributed by atoms with Crippen LogP contribution in [0.2, 0.25) is 0 Å². The highest BCUT2D eigenvalue weighted by molar-refractivity contribution is 5.95. The molecular weight excluding hydrogens is 228 g/mol. The zero-order valence-corrected chi connectivity index (χ0v) is 10.3. The summed E-state index contributed by atoms with van der Waals surface area (Å²) in [5.41, 5.74) is 5.05. The fraction of sp³-hybridized carbons (Fsp3) is 0.143. The molecule has 0 radical (unpaired) electrons. The van der Waals surface area contributed by atoms with Crippen molar-refractivity contribution in [3.8, 4) is 0 Å². The Hall–Kier alpha value is -2.36. The van der Waals surface area contributed by atoms with E-state index in [1.54, 1.807) is 19.2 Å². The molecule has 0 unspecified atom stereocenters. The van der Waals surface area contributed by atoms with E-state index in [4.69, 9.17) is 4.42 Å². The van der Waals surface area contributed by atoms with Crippen molar-refractivity contribution in [1.82, 2.24) is 5.43 Å². The van der Waals surface area contributed by atoms with Crippen LogP contribution < -0.4 is 5.43 Å². The van der Waals surface area contributed by atoms with Gasteiger partial charge < -0.3 is 4.42 Å². The first-order chi connectivity index (χ1) is 8.68. The molecule has 0 bridgehead atoms. The third kappa shape index (κ3) is 2.66. The molecule has 0 aliphatic rings. The van der Waals surface area contributed by atoms with E-state index in [1.165, 1.54) is 6.26 Å². The molecule has 0 spiro atoms. The molecule has 0 atom stereocenters. The van der Waals surface area contributed by atoms with Gasteiger partial charge in [0, 0.05) is 0 Å². The summed E-state index contributed by atoms with van der Waals surface area (Å²) in [7, 11) is 0. The van der Waals surface area contributed by atoms with Crippen LogP contribution in [0.15, 0.2) is 46.1 Å². The summed E-state index contributed by atoms with van der Waals surface area (Å²) in [6, 6.07) is 9.43. The number of nitrogens with one attached hydrogen (secondary N) is 1. The van der Waals surface area contributed by atoms with E-state index in [0.717, 1.165) is 11.1 Å². The number of hydrogen-bond acceptors (Lipinski definition) is 3. The van der Waals surface area contributed by atoms with Gasteiger partial charge in [0.1, 0.15) is 5.76 Å². The molecule has 0 fully saturated rings. The average molecular weight is 242 g/mol. The minimum atomic E-state index is -0.272. The van der Waals surface area contributed by atoms with Crippen LogP contribution in [0.25, 0.3) is 0 Å². The van der Waals surface area contributed by atoms with Gasteiger partial charge in [-0.05, 0) is 31.0 Å². The number of hydrogen-bond donors (Lipinski definition) is 1. The summed E-state index contributed by atoms with van der Waals surface area (Å²) in [5, 5.41) is 3.93. The van der Waals surface area contributed by atoms with Crippen LogP contribution >= 0.6 is 0 Å². The van der Waals surface area contributed by atoms with Crippen LogP contribution in [0.3, 0.4) is 0 Å². The summed E-state index contributed by atoms with van der Waals surface area (Å²) < 4.78 is 5.06. The Morgan fingerprint density at radius 2 is 2.06 bits per heavy atom. The largest absolute Gasteiger partial charge is 0.469 e. The van der Waals surface area contributed by atoms with E-state index >= 15 is 0 Å². The van der Waals surface area contributed by atoms with Crippen LogP contribution in [-0.4, -0.2) is 12.1 Å². The molecule has 1 heterocycles. The maximum Gasteiger partial charge on any atom is 0.274 e. The number of aryl methyl sites for hydroxylation is 2. The number of amides is 1. The normalized spacial score (nSPS) is 10.8. The molecule has 1 aromatic heterocycles. The maximum atomic E-state index is 11.7. The van der Waals surface area contributed by atoms with E-state index in [-0.39, 0.29) is 5.91 Å². The molecule has 2 aromatic rings. The van der Waals surface area contributed by atoms with Crippen molar-refractivity contribution in [2.24, 2.45) is 5.10 Å². The minimum absolute atomic E-state index is 0.272. The monoisotopic (exact) mass is 242 g/mol. The molecule has 92 valence electrons. The fourth-order valence-electron chi connectivity index (χ4n) is 1.57. The van der Waals surface area contributed by atoms with Crippen LogP contribution in [-0.2, 0) is 0 Å². The van der Waals surface area contributed by atoms with Crippen molar-refractivity contribution in [3.05, 3.63) is 59.0 Å². The van der Waals surface area contributed by atoms with Gasteiger partial charge in [0.15, 0.2) is 0 Å². The van der Waals surface area contributed by atoms with Gasteiger partial charge in [-0.1, -0.05) is 24.3 Å². The van der Waals surface area contributed by atoms with Crippen LogP contribution in [0, 0.1) is 13.8 Å². The lowest BCUT2D eigenvalue weighted by molar-refractivity contribution is 0.0953. The first-order valence-electron chi connectivity index (χ1n) is 5.61. The summed E-state index contributed by atoms with van der Waals surface area (Å²) >= 11 is 0. The van der Waals surface area contributed by atoms with Gasteiger partial charge in [-0.3, -0.25) is 4.79 Å². The van der Waals surface area contributed by atoms with Gasteiger partial charge in [-0.25, -0.2) is 5.43 Å². The standard InChI is InChI=1S/C14H14N2O2/c1-10-5-3-4-6-12(10)9-15-16-14(17)13-7-8-18-11(13)2/h3-9H,1-2H3,(H,16,17)/b15-9-. The Balaban J connectivity index is 2.03. The number of furan rings is 1. The van der Waals surface area contributed by atoms with E-state index in [9.17, 15) is 4.79 Å². The predicted octanol–water partition coefficient (Wildman–Crippen LogP) is 2.66. The summed E-state index contributed by atoms with van der Waals surface area (Å²) in [4.78, 5) is 11.7. The molecule has 0 saturated heterocycles. The number of carbonyl (C=O) groups is 1. The predicted molar refractivity (Wildman–Crippen MR) is 69.7 cm³/mol. The Morgan fingerprint density at radius 1 is 1.28 bits per heavy atom. The smallest absolute Gasteiger partial charge is 0.274 e. The second-order valence-corrected chi connectivity index (χ2v) is 3.95. The van der Waals surface area contributed by atoms with Gasteiger partial charge >= 0.3 is 0 Å². The molecule has 0 saturated carbocycles. The second kappa shape index (κ2) is 5.31. The van der Waals surface area contributed by atoms with E-state index < -0.39 is 0 Å².